The van der Waals surface area contributed by atoms with Gasteiger partial charge in [0.1, 0.15) is 6.04 Å². The van der Waals surface area contributed by atoms with E-state index in [2.05, 4.69) is 51.9 Å². The molecule has 0 radical (unpaired) electrons. The van der Waals surface area contributed by atoms with Crippen LogP contribution in [0, 0.1) is 6.92 Å². The van der Waals surface area contributed by atoms with E-state index in [0.717, 1.165) is 56.6 Å². The summed E-state index contributed by atoms with van der Waals surface area (Å²) in [5.74, 6) is -0.0992. The van der Waals surface area contributed by atoms with Crippen molar-refractivity contribution in [2.24, 2.45) is 0 Å². The number of carbonyl (C=O) groups excluding carboxylic acids is 2. The lowest BCUT2D eigenvalue weighted by atomic mass is 9.90. The molecule has 170 valence electrons. The third-order valence-electron chi connectivity index (χ3n) is 6.86. The minimum atomic E-state index is -0.257. The van der Waals surface area contributed by atoms with Crippen LogP contribution >= 0.6 is 11.3 Å². The van der Waals surface area contributed by atoms with Gasteiger partial charge in [-0.3, -0.25) is 9.59 Å². The maximum atomic E-state index is 13.0. The van der Waals surface area contributed by atoms with Crippen LogP contribution in [0.4, 0.5) is 5.69 Å². The molecule has 5 rings (SSSR count). The fourth-order valence-electron chi connectivity index (χ4n) is 5.06. The second-order valence-corrected chi connectivity index (χ2v) is 10.5. The molecular formula is C24H31N5O2S. The van der Waals surface area contributed by atoms with Crippen molar-refractivity contribution in [1.29, 1.82) is 0 Å². The zero-order chi connectivity index (χ0) is 22.2. The topological polar surface area (TPSA) is 86.4 Å². The van der Waals surface area contributed by atoms with Crippen molar-refractivity contribution in [2.75, 3.05) is 18.9 Å². The monoisotopic (exact) mass is 453 g/mol. The molecule has 3 heterocycles. The van der Waals surface area contributed by atoms with E-state index in [4.69, 9.17) is 0 Å². The summed E-state index contributed by atoms with van der Waals surface area (Å²) < 4.78 is 0. The Labute approximate surface area is 193 Å². The molecule has 1 fully saturated rings. The lowest BCUT2D eigenvalue weighted by molar-refractivity contribution is -0.122. The highest BCUT2D eigenvalue weighted by atomic mass is 32.1. The number of carbonyl (C=O) groups is 2. The van der Waals surface area contributed by atoms with E-state index >= 15 is 0 Å². The van der Waals surface area contributed by atoms with Gasteiger partial charge in [0, 0.05) is 48.6 Å². The van der Waals surface area contributed by atoms with Crippen molar-refractivity contribution in [1.82, 2.24) is 20.5 Å². The molecule has 3 N–H and O–H groups in total. The molecule has 1 unspecified atom stereocenters. The van der Waals surface area contributed by atoms with Gasteiger partial charge in [0.05, 0.1) is 5.69 Å². The van der Waals surface area contributed by atoms with Gasteiger partial charge in [0.25, 0.3) is 5.91 Å². The zero-order valence-electron chi connectivity index (χ0n) is 18.7. The highest BCUT2D eigenvalue weighted by Gasteiger charge is 2.33. The smallest absolute Gasteiger partial charge is 0.280 e. The highest BCUT2D eigenvalue weighted by Crippen LogP contribution is 2.28. The summed E-state index contributed by atoms with van der Waals surface area (Å²) in [6.45, 7) is 3.91. The first-order valence-corrected chi connectivity index (χ1v) is 12.4. The summed E-state index contributed by atoms with van der Waals surface area (Å²) in [5.41, 5.74) is 4.51. The van der Waals surface area contributed by atoms with Crippen LogP contribution in [-0.4, -0.2) is 53.4 Å². The van der Waals surface area contributed by atoms with Crippen molar-refractivity contribution in [3.05, 3.63) is 44.9 Å². The van der Waals surface area contributed by atoms with Crippen LogP contribution in [-0.2, 0) is 24.2 Å². The number of hydrogen-bond acceptors (Lipinski definition) is 6. The molecule has 1 aliphatic carbocycles. The van der Waals surface area contributed by atoms with Gasteiger partial charge in [-0.1, -0.05) is 30.5 Å². The summed E-state index contributed by atoms with van der Waals surface area (Å²) in [6.07, 6.45) is 5.48. The number of aromatic nitrogens is 1. The molecule has 2 aromatic rings. The first-order chi connectivity index (χ1) is 15.5. The fourth-order valence-corrected chi connectivity index (χ4v) is 6.15. The second kappa shape index (κ2) is 8.83. The third kappa shape index (κ3) is 4.38. The predicted octanol–water partition coefficient (Wildman–Crippen LogP) is 2.63. The van der Waals surface area contributed by atoms with E-state index in [1.165, 1.54) is 27.3 Å². The number of thiazole rings is 1. The van der Waals surface area contributed by atoms with Crippen molar-refractivity contribution in [2.45, 2.75) is 70.1 Å². The molecule has 0 saturated heterocycles. The Morgan fingerprint density at radius 1 is 1.19 bits per heavy atom. The van der Waals surface area contributed by atoms with Gasteiger partial charge in [0.15, 0.2) is 5.01 Å². The number of benzene rings is 1. The van der Waals surface area contributed by atoms with Crippen LogP contribution in [0.5, 0.6) is 0 Å². The normalized spacial score (nSPS) is 24.9. The lowest BCUT2D eigenvalue weighted by Crippen LogP contribution is -2.55. The number of nitrogens with zero attached hydrogens (tertiary/aromatic N) is 2. The Kier molecular flexibility index (Phi) is 5.90. The van der Waals surface area contributed by atoms with Gasteiger partial charge in [-0.25, -0.2) is 4.98 Å². The number of anilines is 1. The van der Waals surface area contributed by atoms with Crippen LogP contribution < -0.4 is 16.0 Å². The second-order valence-electron chi connectivity index (χ2n) is 9.42. The van der Waals surface area contributed by atoms with Gasteiger partial charge in [-0.2, -0.15) is 0 Å². The molecule has 0 bridgehead atoms. The summed E-state index contributed by atoms with van der Waals surface area (Å²) in [4.78, 5) is 34.1. The van der Waals surface area contributed by atoms with Gasteiger partial charge in [-0.05, 0) is 38.4 Å². The molecule has 7 nitrogen and oxygen atoms in total. The molecule has 0 spiro atoms. The van der Waals surface area contributed by atoms with Crippen molar-refractivity contribution in [3.63, 3.8) is 0 Å². The number of aryl methyl sites for hydroxylation is 1. The minimum absolute atomic E-state index is 0.0118. The van der Waals surface area contributed by atoms with Gasteiger partial charge in [-0.15, -0.1) is 11.3 Å². The third-order valence-corrected chi connectivity index (χ3v) is 7.94. The molecule has 1 aromatic carbocycles. The number of hydrogen-bond donors (Lipinski definition) is 3. The van der Waals surface area contributed by atoms with E-state index in [1.807, 2.05) is 6.07 Å². The molecule has 32 heavy (non-hydrogen) atoms. The van der Waals surface area contributed by atoms with Crippen LogP contribution in [0.1, 0.15) is 57.2 Å². The number of amides is 2. The molecule has 3 atom stereocenters. The largest absolute Gasteiger partial charge is 0.373 e. The predicted molar refractivity (Wildman–Crippen MR) is 126 cm³/mol. The van der Waals surface area contributed by atoms with E-state index in [0.29, 0.717) is 11.4 Å². The number of likely N-dealkylation sites (N-methyl/N-ethyl adjacent to an activating group) is 1. The van der Waals surface area contributed by atoms with Crippen molar-refractivity contribution in [3.8, 4) is 0 Å². The SMILES string of the molecule is Cc1ccc2c(c1)CC(C(=O)N[C@H]1CCCC[C@H]1NC(=O)c1nc3c(s1)CN(C)CC3)N2. The van der Waals surface area contributed by atoms with Crippen LogP contribution in [0.2, 0.25) is 0 Å². The molecular weight excluding hydrogens is 422 g/mol. The summed E-state index contributed by atoms with van der Waals surface area (Å²) in [5, 5.41) is 10.3. The summed E-state index contributed by atoms with van der Waals surface area (Å²) in [7, 11) is 2.09. The van der Waals surface area contributed by atoms with E-state index in [9.17, 15) is 9.59 Å². The molecule has 8 heteroatoms. The lowest BCUT2D eigenvalue weighted by Gasteiger charge is -2.33. The summed E-state index contributed by atoms with van der Waals surface area (Å²) >= 11 is 1.50. The van der Waals surface area contributed by atoms with Gasteiger partial charge < -0.3 is 20.9 Å². The number of fused-ring (bicyclic) bond motifs is 2. The standard InChI is InChI=1S/C24H31N5O2S/c1-14-7-8-16-15(11-14)12-20(25-16)22(30)26-17-5-3-4-6-18(17)27-23(31)24-28-19-9-10-29(2)13-21(19)32-24/h7-8,11,17-18,20,25H,3-6,9-10,12-13H2,1-2H3,(H,26,30)(H,27,31)/t17-,18+,20?/m0/s1. The van der Waals surface area contributed by atoms with E-state index in [1.54, 1.807) is 0 Å². The van der Waals surface area contributed by atoms with Crippen molar-refractivity contribution < 1.29 is 9.59 Å². The van der Waals surface area contributed by atoms with Crippen molar-refractivity contribution >= 4 is 28.8 Å². The summed E-state index contributed by atoms with van der Waals surface area (Å²) in [6, 6.07) is 5.89. The van der Waals surface area contributed by atoms with Crippen LogP contribution in [0.15, 0.2) is 18.2 Å². The van der Waals surface area contributed by atoms with Gasteiger partial charge >= 0.3 is 0 Å². The van der Waals surface area contributed by atoms with Crippen LogP contribution in [0.25, 0.3) is 0 Å². The zero-order valence-corrected chi connectivity index (χ0v) is 19.6. The van der Waals surface area contributed by atoms with E-state index in [-0.39, 0.29) is 29.9 Å². The Bertz CT molecular complexity index is 1040. The number of nitrogens with one attached hydrogen (secondary N) is 3. The number of rotatable bonds is 4. The molecule has 1 saturated carbocycles. The molecule has 2 aliphatic heterocycles. The quantitative estimate of drug-likeness (QED) is 0.663. The molecule has 1 aromatic heterocycles. The highest BCUT2D eigenvalue weighted by molar-refractivity contribution is 7.13. The van der Waals surface area contributed by atoms with Gasteiger partial charge in [0.2, 0.25) is 5.91 Å². The maximum absolute atomic E-state index is 13.0. The Hall–Kier alpha value is -2.45. The van der Waals surface area contributed by atoms with E-state index < -0.39 is 0 Å². The molecule has 2 amide bonds. The Morgan fingerprint density at radius 2 is 1.97 bits per heavy atom. The minimum Gasteiger partial charge on any atom is -0.373 e. The Balaban J connectivity index is 1.22. The maximum Gasteiger partial charge on any atom is 0.280 e. The first kappa shape index (κ1) is 21.4. The Morgan fingerprint density at radius 3 is 2.78 bits per heavy atom. The fraction of sp³-hybridized carbons (Fsp3) is 0.542. The molecule has 3 aliphatic rings. The average molecular weight is 454 g/mol. The average Bonchev–Trinajstić information content (AvgIpc) is 3.38. The van der Waals surface area contributed by atoms with Crippen LogP contribution in [0.3, 0.4) is 0 Å². The first-order valence-electron chi connectivity index (χ1n) is 11.6.